The fraction of sp³-hybridized carbons (Fsp3) is 0.562. The molecule has 114 valence electrons. The Kier molecular flexibility index (Phi) is 5.02. The van der Waals surface area contributed by atoms with Crippen LogP contribution >= 0.6 is 0 Å². The monoisotopic (exact) mass is 306 g/mol. The molecule has 1 fully saturated rings. The Bertz CT molecular complexity index is 624. The Balaban J connectivity index is 2.09. The van der Waals surface area contributed by atoms with Crippen LogP contribution in [0, 0.1) is 11.3 Å². The second-order valence-corrected chi connectivity index (χ2v) is 7.93. The summed E-state index contributed by atoms with van der Waals surface area (Å²) in [6.07, 6.45) is 3.48. The first-order valence-electron chi connectivity index (χ1n) is 7.42. The molecular weight excluding hydrogens is 284 g/mol. The van der Waals surface area contributed by atoms with E-state index in [0.29, 0.717) is 24.2 Å². The summed E-state index contributed by atoms with van der Waals surface area (Å²) in [5.74, 6) is 0.108. The average Bonchev–Trinajstić information content (AvgIpc) is 2.47. The summed E-state index contributed by atoms with van der Waals surface area (Å²) in [6.45, 7) is 4.89. The van der Waals surface area contributed by atoms with Crippen LogP contribution in [0.1, 0.15) is 38.7 Å². The minimum atomic E-state index is -3.33. The third kappa shape index (κ3) is 3.84. The van der Waals surface area contributed by atoms with Crippen LogP contribution in [0.2, 0.25) is 0 Å². The SMILES string of the molecule is CC1CCCC(C)N1CCS(=O)(=O)c1cccc(C#N)c1. The van der Waals surface area contributed by atoms with Crippen molar-refractivity contribution in [2.75, 3.05) is 12.3 Å². The van der Waals surface area contributed by atoms with Crippen LogP contribution in [0.3, 0.4) is 0 Å². The van der Waals surface area contributed by atoms with Gasteiger partial charge in [0.1, 0.15) is 0 Å². The first-order chi connectivity index (χ1) is 9.94. The molecule has 5 heteroatoms. The van der Waals surface area contributed by atoms with Crippen molar-refractivity contribution < 1.29 is 8.42 Å². The van der Waals surface area contributed by atoms with E-state index >= 15 is 0 Å². The van der Waals surface area contributed by atoms with Crippen LogP contribution in [0.5, 0.6) is 0 Å². The lowest BCUT2D eigenvalue weighted by Crippen LogP contribution is -2.45. The first kappa shape index (κ1) is 16.0. The molecule has 2 rings (SSSR count). The van der Waals surface area contributed by atoms with Gasteiger partial charge < -0.3 is 0 Å². The van der Waals surface area contributed by atoms with Crippen molar-refractivity contribution in [1.82, 2.24) is 4.90 Å². The molecule has 0 spiro atoms. The van der Waals surface area contributed by atoms with E-state index in [1.165, 1.54) is 12.5 Å². The van der Waals surface area contributed by atoms with Crippen molar-refractivity contribution in [2.24, 2.45) is 0 Å². The zero-order chi connectivity index (χ0) is 15.5. The van der Waals surface area contributed by atoms with Crippen LogP contribution < -0.4 is 0 Å². The molecule has 21 heavy (non-hydrogen) atoms. The average molecular weight is 306 g/mol. The Morgan fingerprint density at radius 1 is 1.29 bits per heavy atom. The highest BCUT2D eigenvalue weighted by Gasteiger charge is 2.26. The van der Waals surface area contributed by atoms with Gasteiger partial charge in [0.15, 0.2) is 9.84 Å². The molecule has 0 N–H and O–H groups in total. The topological polar surface area (TPSA) is 61.2 Å². The molecule has 0 radical (unpaired) electrons. The Hall–Kier alpha value is -1.38. The molecule has 0 bridgehead atoms. The summed E-state index contributed by atoms with van der Waals surface area (Å²) in [5.41, 5.74) is 0.385. The minimum Gasteiger partial charge on any atom is -0.297 e. The van der Waals surface area contributed by atoms with Crippen molar-refractivity contribution in [3.8, 4) is 6.07 Å². The van der Waals surface area contributed by atoms with Gasteiger partial charge in [0, 0.05) is 18.6 Å². The predicted octanol–water partition coefficient (Wildman–Crippen LogP) is 2.59. The second-order valence-electron chi connectivity index (χ2n) is 5.83. The third-order valence-corrected chi connectivity index (χ3v) is 6.01. The molecule has 4 nitrogen and oxygen atoms in total. The maximum atomic E-state index is 12.4. The summed E-state index contributed by atoms with van der Waals surface area (Å²) < 4.78 is 24.8. The van der Waals surface area contributed by atoms with Crippen LogP contribution in [-0.2, 0) is 9.84 Å². The van der Waals surface area contributed by atoms with Gasteiger partial charge in [-0.2, -0.15) is 5.26 Å². The van der Waals surface area contributed by atoms with Gasteiger partial charge in [0.2, 0.25) is 0 Å². The van der Waals surface area contributed by atoms with Crippen LogP contribution in [0.15, 0.2) is 29.2 Å². The standard InChI is InChI=1S/C16H22N2O2S/c1-13-5-3-6-14(2)18(13)9-10-21(19,20)16-8-4-7-15(11-16)12-17/h4,7-8,11,13-14H,3,5-6,9-10H2,1-2H3. The van der Waals surface area contributed by atoms with Crippen molar-refractivity contribution in [1.29, 1.82) is 5.26 Å². The molecule has 2 atom stereocenters. The summed E-state index contributed by atoms with van der Waals surface area (Å²) in [5, 5.41) is 8.88. The lowest BCUT2D eigenvalue weighted by molar-refractivity contribution is 0.111. The van der Waals surface area contributed by atoms with Crippen molar-refractivity contribution in [2.45, 2.75) is 50.1 Å². The summed E-state index contributed by atoms with van der Waals surface area (Å²) in [6, 6.07) is 9.13. The van der Waals surface area contributed by atoms with Crippen LogP contribution in [0.4, 0.5) is 0 Å². The van der Waals surface area contributed by atoms with Gasteiger partial charge >= 0.3 is 0 Å². The van der Waals surface area contributed by atoms with Gasteiger partial charge in [0.25, 0.3) is 0 Å². The molecule has 0 aromatic heterocycles. The molecule has 0 amide bonds. The Morgan fingerprint density at radius 3 is 2.57 bits per heavy atom. The zero-order valence-electron chi connectivity index (χ0n) is 12.6. The highest BCUT2D eigenvalue weighted by Crippen LogP contribution is 2.23. The highest BCUT2D eigenvalue weighted by molar-refractivity contribution is 7.91. The first-order valence-corrected chi connectivity index (χ1v) is 9.08. The summed E-state index contributed by atoms with van der Waals surface area (Å²) in [7, 11) is -3.33. The number of nitrogens with zero attached hydrogens (tertiary/aromatic N) is 2. The summed E-state index contributed by atoms with van der Waals surface area (Å²) >= 11 is 0. The van der Waals surface area contributed by atoms with Crippen LogP contribution in [0.25, 0.3) is 0 Å². The molecule has 1 heterocycles. The predicted molar refractivity (Wildman–Crippen MR) is 82.7 cm³/mol. The highest BCUT2D eigenvalue weighted by atomic mass is 32.2. The van der Waals surface area contributed by atoms with Gasteiger partial charge in [-0.05, 0) is 44.9 Å². The second kappa shape index (κ2) is 6.59. The van der Waals surface area contributed by atoms with E-state index in [2.05, 4.69) is 18.7 Å². The fourth-order valence-corrected chi connectivity index (χ4v) is 4.30. The molecular formula is C16H22N2O2S. The van der Waals surface area contributed by atoms with Gasteiger partial charge in [-0.3, -0.25) is 4.90 Å². The number of nitriles is 1. The molecule has 0 saturated carbocycles. The van der Waals surface area contributed by atoms with Crippen molar-refractivity contribution in [3.05, 3.63) is 29.8 Å². The van der Waals surface area contributed by atoms with Crippen molar-refractivity contribution in [3.63, 3.8) is 0 Å². The van der Waals surface area contributed by atoms with E-state index < -0.39 is 9.84 Å². The summed E-state index contributed by atoms with van der Waals surface area (Å²) in [4.78, 5) is 2.54. The Labute approximate surface area is 127 Å². The molecule has 1 aromatic rings. The molecule has 2 unspecified atom stereocenters. The Morgan fingerprint density at radius 2 is 1.95 bits per heavy atom. The van der Waals surface area contributed by atoms with Gasteiger partial charge in [-0.1, -0.05) is 12.5 Å². The zero-order valence-corrected chi connectivity index (χ0v) is 13.4. The lowest BCUT2D eigenvalue weighted by atomic mass is 9.98. The molecule has 1 saturated heterocycles. The number of sulfone groups is 1. The van der Waals surface area contributed by atoms with Crippen molar-refractivity contribution >= 4 is 9.84 Å². The number of benzene rings is 1. The number of rotatable bonds is 4. The molecule has 0 aliphatic carbocycles. The molecule has 1 aliphatic rings. The maximum Gasteiger partial charge on any atom is 0.179 e. The van der Waals surface area contributed by atoms with E-state index in [-0.39, 0.29) is 10.6 Å². The van der Waals surface area contributed by atoms with E-state index in [9.17, 15) is 8.42 Å². The largest absolute Gasteiger partial charge is 0.297 e. The number of likely N-dealkylation sites (tertiary alicyclic amines) is 1. The van der Waals surface area contributed by atoms with Gasteiger partial charge in [-0.15, -0.1) is 0 Å². The normalized spacial score (nSPS) is 23.7. The maximum absolute atomic E-state index is 12.4. The van der Waals surface area contributed by atoms with Crippen LogP contribution in [-0.4, -0.2) is 37.7 Å². The number of hydrogen-bond donors (Lipinski definition) is 0. The third-order valence-electron chi connectivity index (χ3n) is 4.32. The van der Waals surface area contributed by atoms with Gasteiger partial charge in [0.05, 0.1) is 22.3 Å². The van der Waals surface area contributed by atoms with E-state index in [1.54, 1.807) is 18.2 Å². The van der Waals surface area contributed by atoms with E-state index in [1.807, 2.05) is 6.07 Å². The molecule has 1 aliphatic heterocycles. The lowest BCUT2D eigenvalue weighted by Gasteiger charge is -2.38. The fourth-order valence-electron chi connectivity index (χ4n) is 3.02. The van der Waals surface area contributed by atoms with Gasteiger partial charge in [-0.25, -0.2) is 8.42 Å². The smallest absolute Gasteiger partial charge is 0.179 e. The number of hydrogen-bond acceptors (Lipinski definition) is 4. The minimum absolute atomic E-state index is 0.108. The van der Waals surface area contributed by atoms with E-state index in [4.69, 9.17) is 5.26 Å². The number of piperidine rings is 1. The quantitative estimate of drug-likeness (QED) is 0.858. The molecule has 1 aromatic carbocycles. The van der Waals surface area contributed by atoms with E-state index in [0.717, 1.165) is 12.8 Å².